The van der Waals surface area contributed by atoms with Gasteiger partial charge in [0.25, 0.3) is 0 Å². The molecule has 1 N–H and O–H groups in total. The van der Waals surface area contributed by atoms with Crippen LogP contribution >= 0.6 is 11.8 Å². The molecule has 1 amide bonds. The standard InChI is InChI=1S/C14H18N6OS/c1-9(2)14(3,7-15)19-11(21)6-22-13-10-5-18-20(4)12(10)16-8-17-13/h5,8-9H,6H2,1-4H3,(H,19,21). The highest BCUT2D eigenvalue weighted by Gasteiger charge is 2.29. The zero-order chi connectivity index (χ0) is 16.3. The van der Waals surface area contributed by atoms with E-state index in [9.17, 15) is 10.1 Å². The first-order valence-electron chi connectivity index (χ1n) is 6.85. The van der Waals surface area contributed by atoms with Gasteiger partial charge in [-0.1, -0.05) is 25.6 Å². The first-order chi connectivity index (χ1) is 10.4. The molecule has 2 rings (SSSR count). The minimum Gasteiger partial charge on any atom is -0.337 e. The van der Waals surface area contributed by atoms with E-state index in [-0.39, 0.29) is 17.6 Å². The smallest absolute Gasteiger partial charge is 0.231 e. The van der Waals surface area contributed by atoms with Crippen molar-refractivity contribution >= 4 is 28.7 Å². The van der Waals surface area contributed by atoms with Crippen molar-refractivity contribution in [3.63, 3.8) is 0 Å². The molecule has 2 heterocycles. The normalized spacial score (nSPS) is 13.8. The highest BCUT2D eigenvalue weighted by atomic mass is 32.2. The lowest BCUT2D eigenvalue weighted by molar-refractivity contribution is -0.120. The van der Waals surface area contributed by atoms with E-state index in [1.807, 2.05) is 13.8 Å². The van der Waals surface area contributed by atoms with E-state index in [1.165, 1.54) is 18.1 Å². The summed E-state index contributed by atoms with van der Waals surface area (Å²) in [4.78, 5) is 20.4. The molecule has 0 bridgehead atoms. The van der Waals surface area contributed by atoms with Crippen LogP contribution in [0, 0.1) is 17.2 Å². The number of hydrogen-bond acceptors (Lipinski definition) is 6. The SMILES string of the molecule is CC(C)C(C)(C#N)NC(=O)CSc1ncnc2c1cnn2C. The third-order valence-electron chi connectivity index (χ3n) is 3.62. The highest BCUT2D eigenvalue weighted by molar-refractivity contribution is 8.00. The minimum absolute atomic E-state index is 0.0236. The summed E-state index contributed by atoms with van der Waals surface area (Å²) >= 11 is 1.31. The fourth-order valence-corrected chi connectivity index (χ4v) is 2.58. The fourth-order valence-electron chi connectivity index (χ4n) is 1.82. The van der Waals surface area contributed by atoms with Crippen molar-refractivity contribution in [1.82, 2.24) is 25.1 Å². The number of nitrogens with one attached hydrogen (secondary N) is 1. The lowest BCUT2D eigenvalue weighted by Gasteiger charge is -2.27. The number of carbonyl (C=O) groups excluding carboxylic acids is 1. The summed E-state index contributed by atoms with van der Waals surface area (Å²) in [6, 6.07) is 2.16. The molecule has 2 aromatic rings. The maximum Gasteiger partial charge on any atom is 0.231 e. The Balaban J connectivity index is 2.06. The lowest BCUT2D eigenvalue weighted by atomic mass is 9.90. The van der Waals surface area contributed by atoms with Crippen LogP contribution in [0.15, 0.2) is 17.6 Å². The van der Waals surface area contributed by atoms with Crippen LogP contribution in [0.25, 0.3) is 11.0 Å². The van der Waals surface area contributed by atoms with Crippen LogP contribution in [-0.4, -0.2) is 36.9 Å². The van der Waals surface area contributed by atoms with Crippen LogP contribution in [-0.2, 0) is 11.8 Å². The molecule has 0 aliphatic heterocycles. The Morgan fingerprint density at radius 3 is 2.91 bits per heavy atom. The van der Waals surface area contributed by atoms with E-state index >= 15 is 0 Å². The number of carbonyl (C=O) groups is 1. The van der Waals surface area contributed by atoms with Crippen molar-refractivity contribution in [2.24, 2.45) is 13.0 Å². The second-order valence-corrected chi connectivity index (χ2v) is 6.45. The average molecular weight is 318 g/mol. The number of amides is 1. The molecular weight excluding hydrogens is 300 g/mol. The number of nitriles is 1. The molecule has 0 aromatic carbocycles. The van der Waals surface area contributed by atoms with Crippen LogP contribution in [0.5, 0.6) is 0 Å². The fraction of sp³-hybridized carbons (Fsp3) is 0.500. The zero-order valence-electron chi connectivity index (χ0n) is 13.0. The third kappa shape index (κ3) is 3.20. The lowest BCUT2D eigenvalue weighted by Crippen LogP contribution is -2.49. The summed E-state index contributed by atoms with van der Waals surface area (Å²) in [5, 5.41) is 17.7. The summed E-state index contributed by atoms with van der Waals surface area (Å²) in [5.74, 6) is 0.0132. The first-order valence-corrected chi connectivity index (χ1v) is 7.83. The molecule has 1 unspecified atom stereocenters. The predicted molar refractivity (Wildman–Crippen MR) is 84.0 cm³/mol. The van der Waals surface area contributed by atoms with Crippen LogP contribution in [0.3, 0.4) is 0 Å². The number of aromatic nitrogens is 4. The van der Waals surface area contributed by atoms with Gasteiger partial charge in [-0.25, -0.2) is 9.97 Å². The summed E-state index contributed by atoms with van der Waals surface area (Å²) in [6.07, 6.45) is 3.14. The Morgan fingerprint density at radius 2 is 2.27 bits per heavy atom. The van der Waals surface area contributed by atoms with Gasteiger partial charge in [-0.2, -0.15) is 10.4 Å². The van der Waals surface area contributed by atoms with Gasteiger partial charge in [0.2, 0.25) is 5.91 Å². The minimum atomic E-state index is -0.868. The molecule has 22 heavy (non-hydrogen) atoms. The van der Waals surface area contributed by atoms with E-state index in [0.29, 0.717) is 5.03 Å². The van der Waals surface area contributed by atoms with Crippen molar-refractivity contribution in [2.75, 3.05) is 5.75 Å². The summed E-state index contributed by atoms with van der Waals surface area (Å²) in [5.41, 5.74) is -0.144. The van der Waals surface area contributed by atoms with Gasteiger partial charge in [-0.3, -0.25) is 9.48 Å². The third-order valence-corrected chi connectivity index (χ3v) is 4.62. The van der Waals surface area contributed by atoms with Gasteiger partial charge in [0.1, 0.15) is 16.9 Å². The Bertz CT molecular complexity index is 734. The molecule has 0 radical (unpaired) electrons. The quantitative estimate of drug-likeness (QED) is 0.663. The van der Waals surface area contributed by atoms with Gasteiger partial charge in [-0.05, 0) is 12.8 Å². The molecule has 0 aliphatic carbocycles. The van der Waals surface area contributed by atoms with Crippen molar-refractivity contribution in [3.8, 4) is 6.07 Å². The van der Waals surface area contributed by atoms with E-state index in [0.717, 1.165) is 11.0 Å². The average Bonchev–Trinajstić information content (AvgIpc) is 2.87. The second-order valence-electron chi connectivity index (χ2n) is 5.49. The molecular formula is C14H18N6OS. The molecule has 0 saturated carbocycles. The molecule has 0 saturated heterocycles. The van der Waals surface area contributed by atoms with Crippen LogP contribution in [0.4, 0.5) is 0 Å². The van der Waals surface area contributed by atoms with Gasteiger partial charge in [0.05, 0.1) is 23.4 Å². The second kappa shape index (κ2) is 6.32. The van der Waals surface area contributed by atoms with Gasteiger partial charge in [0.15, 0.2) is 5.65 Å². The number of thioether (sulfide) groups is 1. The maximum atomic E-state index is 12.1. The number of hydrogen-bond donors (Lipinski definition) is 1. The van der Waals surface area contributed by atoms with Gasteiger partial charge >= 0.3 is 0 Å². The van der Waals surface area contributed by atoms with Gasteiger partial charge in [-0.15, -0.1) is 0 Å². The molecule has 2 aromatic heterocycles. The van der Waals surface area contributed by atoms with Gasteiger partial charge < -0.3 is 5.32 Å². The Labute approximate surface area is 133 Å². The highest BCUT2D eigenvalue weighted by Crippen LogP contribution is 2.24. The largest absolute Gasteiger partial charge is 0.337 e. The zero-order valence-corrected chi connectivity index (χ0v) is 13.8. The topological polar surface area (TPSA) is 96.5 Å². The molecule has 8 heteroatoms. The molecule has 116 valence electrons. The van der Waals surface area contributed by atoms with Crippen molar-refractivity contribution < 1.29 is 4.79 Å². The Hall–Kier alpha value is -2.14. The summed E-state index contributed by atoms with van der Waals surface area (Å²) < 4.78 is 1.66. The molecule has 0 fully saturated rings. The monoisotopic (exact) mass is 318 g/mol. The predicted octanol–water partition coefficient (Wildman–Crippen LogP) is 1.51. The van der Waals surface area contributed by atoms with E-state index in [1.54, 1.807) is 24.9 Å². The Kier molecular flexibility index (Phi) is 4.66. The van der Waals surface area contributed by atoms with Crippen LogP contribution in [0.2, 0.25) is 0 Å². The first kappa shape index (κ1) is 16.2. The Morgan fingerprint density at radius 1 is 1.55 bits per heavy atom. The van der Waals surface area contributed by atoms with Crippen LogP contribution in [0.1, 0.15) is 20.8 Å². The summed E-state index contributed by atoms with van der Waals surface area (Å²) in [7, 11) is 1.80. The molecule has 7 nitrogen and oxygen atoms in total. The van der Waals surface area contributed by atoms with E-state index in [2.05, 4.69) is 26.5 Å². The van der Waals surface area contributed by atoms with Crippen molar-refractivity contribution in [1.29, 1.82) is 5.26 Å². The number of fused-ring (bicyclic) bond motifs is 1. The van der Waals surface area contributed by atoms with Gasteiger partial charge in [0, 0.05) is 7.05 Å². The molecule has 1 atom stereocenters. The van der Waals surface area contributed by atoms with E-state index < -0.39 is 5.54 Å². The number of aryl methyl sites for hydroxylation is 1. The number of nitrogens with zero attached hydrogens (tertiary/aromatic N) is 5. The molecule has 0 aliphatic rings. The van der Waals surface area contributed by atoms with Crippen molar-refractivity contribution in [2.45, 2.75) is 31.3 Å². The molecule has 0 spiro atoms. The van der Waals surface area contributed by atoms with Crippen LogP contribution < -0.4 is 5.32 Å². The maximum absolute atomic E-state index is 12.1. The number of rotatable bonds is 5. The summed E-state index contributed by atoms with van der Waals surface area (Å²) in [6.45, 7) is 5.53. The van der Waals surface area contributed by atoms with Crippen molar-refractivity contribution in [3.05, 3.63) is 12.5 Å². The van der Waals surface area contributed by atoms with E-state index in [4.69, 9.17) is 0 Å².